The molecule has 0 aromatic rings. The second-order valence-electron chi connectivity index (χ2n) is 3.35. The molecule has 1 rings (SSSR count). The van der Waals surface area contributed by atoms with Gasteiger partial charge in [-0.1, -0.05) is 0 Å². The predicted molar refractivity (Wildman–Crippen MR) is 44.7 cm³/mol. The van der Waals surface area contributed by atoms with Crippen LogP contribution >= 0.6 is 0 Å². The molecule has 1 aliphatic heterocycles. The molecule has 1 fully saturated rings. The number of rotatable bonds is 2. The highest BCUT2D eigenvalue weighted by atomic mass is 32.2. The summed E-state index contributed by atoms with van der Waals surface area (Å²) in [5.41, 5.74) is 0. The van der Waals surface area contributed by atoms with Crippen LogP contribution in [0.15, 0.2) is 0 Å². The Labute approximate surface area is 85.5 Å². The molecule has 15 heavy (non-hydrogen) atoms. The van der Waals surface area contributed by atoms with Crippen LogP contribution in [0.5, 0.6) is 0 Å². The fourth-order valence-electron chi connectivity index (χ4n) is 1.33. The Hall–Kier alpha value is -0.340. The highest BCUT2D eigenvalue weighted by molar-refractivity contribution is 7.86. The van der Waals surface area contributed by atoms with Gasteiger partial charge in [0.25, 0.3) is 10.1 Å². The third-order valence-electron chi connectivity index (χ3n) is 1.91. The molecular formula is C7H11F3O4S. The van der Waals surface area contributed by atoms with Crippen molar-refractivity contribution < 1.29 is 30.5 Å². The van der Waals surface area contributed by atoms with Crippen molar-refractivity contribution in [1.82, 2.24) is 0 Å². The van der Waals surface area contributed by atoms with E-state index in [1.807, 2.05) is 0 Å². The van der Waals surface area contributed by atoms with Gasteiger partial charge in [-0.15, -0.1) is 0 Å². The van der Waals surface area contributed by atoms with Gasteiger partial charge in [-0.05, 0) is 6.42 Å². The zero-order chi connectivity index (χ0) is 11.7. The van der Waals surface area contributed by atoms with E-state index in [2.05, 4.69) is 8.92 Å². The van der Waals surface area contributed by atoms with Gasteiger partial charge in [0.1, 0.15) is 0 Å². The van der Waals surface area contributed by atoms with Gasteiger partial charge in [-0.2, -0.15) is 21.6 Å². The van der Waals surface area contributed by atoms with Gasteiger partial charge in [0.15, 0.2) is 6.10 Å². The monoisotopic (exact) mass is 248 g/mol. The number of ether oxygens (including phenoxy) is 1. The van der Waals surface area contributed by atoms with E-state index in [1.54, 1.807) is 0 Å². The third-order valence-corrected chi connectivity index (χ3v) is 2.53. The van der Waals surface area contributed by atoms with Gasteiger partial charge in [-0.25, -0.2) is 0 Å². The number of hydrogen-bond donors (Lipinski definition) is 0. The maximum absolute atomic E-state index is 12.2. The Balaban J connectivity index is 2.57. The standard InChI is InChI=1S/C7H11F3O4S/c1-15(11,12)14-5-2-3-13-6(4-5)7(8,9)10/h5-6H,2-4H2,1H3. The minimum Gasteiger partial charge on any atom is -0.369 e. The lowest BCUT2D eigenvalue weighted by Crippen LogP contribution is -2.41. The van der Waals surface area contributed by atoms with E-state index < -0.39 is 34.9 Å². The largest absolute Gasteiger partial charge is 0.414 e. The lowest BCUT2D eigenvalue weighted by atomic mass is 10.1. The molecule has 0 aromatic heterocycles. The SMILES string of the molecule is CS(=O)(=O)OC1CCOC(C(F)(F)F)C1. The van der Waals surface area contributed by atoms with Crippen LogP contribution in [-0.4, -0.2) is 39.7 Å². The molecule has 1 heterocycles. The molecule has 0 amide bonds. The molecule has 2 atom stereocenters. The zero-order valence-electron chi connectivity index (χ0n) is 7.95. The Morgan fingerprint density at radius 3 is 2.47 bits per heavy atom. The first kappa shape index (κ1) is 12.7. The van der Waals surface area contributed by atoms with Gasteiger partial charge in [-0.3, -0.25) is 4.18 Å². The van der Waals surface area contributed by atoms with Crippen LogP contribution in [0.25, 0.3) is 0 Å². The van der Waals surface area contributed by atoms with E-state index in [4.69, 9.17) is 0 Å². The molecule has 0 spiro atoms. The molecule has 0 aliphatic carbocycles. The summed E-state index contributed by atoms with van der Waals surface area (Å²) >= 11 is 0. The zero-order valence-corrected chi connectivity index (χ0v) is 8.77. The van der Waals surface area contributed by atoms with Crippen LogP contribution in [0.1, 0.15) is 12.8 Å². The maximum Gasteiger partial charge on any atom is 0.414 e. The Morgan fingerprint density at radius 2 is 2.00 bits per heavy atom. The van der Waals surface area contributed by atoms with E-state index >= 15 is 0 Å². The number of hydrogen-bond acceptors (Lipinski definition) is 4. The van der Waals surface area contributed by atoms with Gasteiger partial charge in [0.2, 0.25) is 0 Å². The predicted octanol–water partition coefficient (Wildman–Crippen LogP) is 1.07. The Morgan fingerprint density at radius 1 is 1.40 bits per heavy atom. The van der Waals surface area contributed by atoms with Crippen molar-refractivity contribution in [2.45, 2.75) is 31.2 Å². The number of halogens is 3. The van der Waals surface area contributed by atoms with Gasteiger partial charge < -0.3 is 4.74 Å². The van der Waals surface area contributed by atoms with Crippen LogP contribution < -0.4 is 0 Å². The Kier molecular flexibility index (Phi) is 3.62. The lowest BCUT2D eigenvalue weighted by Gasteiger charge is -2.29. The van der Waals surface area contributed by atoms with E-state index in [9.17, 15) is 21.6 Å². The molecule has 8 heteroatoms. The molecule has 0 aromatic carbocycles. The highest BCUT2D eigenvalue weighted by Crippen LogP contribution is 2.31. The molecule has 4 nitrogen and oxygen atoms in total. The summed E-state index contributed by atoms with van der Waals surface area (Å²) in [6.07, 6.45) is -6.86. The topological polar surface area (TPSA) is 52.6 Å². The lowest BCUT2D eigenvalue weighted by molar-refractivity contribution is -0.238. The molecule has 0 radical (unpaired) electrons. The fourth-order valence-corrected chi connectivity index (χ4v) is 2.00. The van der Waals surface area contributed by atoms with Crippen LogP contribution in [0.4, 0.5) is 13.2 Å². The summed E-state index contributed by atoms with van der Waals surface area (Å²) < 4.78 is 67.1. The second kappa shape index (κ2) is 4.26. The summed E-state index contributed by atoms with van der Waals surface area (Å²) in [5.74, 6) is 0. The molecule has 1 aliphatic rings. The van der Waals surface area contributed by atoms with Crippen molar-refractivity contribution in [3.8, 4) is 0 Å². The van der Waals surface area contributed by atoms with Gasteiger partial charge in [0, 0.05) is 13.0 Å². The van der Waals surface area contributed by atoms with Gasteiger partial charge >= 0.3 is 6.18 Å². The normalized spacial score (nSPS) is 29.1. The van der Waals surface area contributed by atoms with Crippen molar-refractivity contribution in [2.75, 3.05) is 12.9 Å². The summed E-state index contributed by atoms with van der Waals surface area (Å²) in [6.45, 7) is -0.148. The molecule has 0 N–H and O–H groups in total. The fraction of sp³-hybridized carbons (Fsp3) is 1.00. The third kappa shape index (κ3) is 4.35. The van der Waals surface area contributed by atoms with Crippen molar-refractivity contribution in [3.63, 3.8) is 0 Å². The molecule has 0 saturated carbocycles. The first-order valence-electron chi connectivity index (χ1n) is 4.25. The molecule has 0 bridgehead atoms. The maximum atomic E-state index is 12.2. The summed E-state index contributed by atoms with van der Waals surface area (Å²) in [7, 11) is -3.72. The molecule has 2 unspecified atom stereocenters. The van der Waals surface area contributed by atoms with E-state index in [0.717, 1.165) is 6.26 Å². The molecular weight excluding hydrogens is 237 g/mol. The van der Waals surface area contributed by atoms with Crippen molar-refractivity contribution >= 4 is 10.1 Å². The Bertz CT molecular complexity index is 311. The smallest absolute Gasteiger partial charge is 0.369 e. The summed E-state index contributed by atoms with van der Waals surface area (Å²) in [6, 6.07) is 0. The number of alkyl halides is 3. The first-order chi connectivity index (χ1) is 6.68. The average Bonchev–Trinajstić information content (AvgIpc) is 1.99. The van der Waals surface area contributed by atoms with E-state index in [-0.39, 0.29) is 13.0 Å². The second-order valence-corrected chi connectivity index (χ2v) is 4.95. The molecule has 1 saturated heterocycles. The van der Waals surface area contributed by atoms with Crippen molar-refractivity contribution in [3.05, 3.63) is 0 Å². The highest BCUT2D eigenvalue weighted by Gasteiger charge is 2.44. The van der Waals surface area contributed by atoms with Crippen molar-refractivity contribution in [2.24, 2.45) is 0 Å². The molecule has 90 valence electrons. The van der Waals surface area contributed by atoms with Crippen LogP contribution in [-0.2, 0) is 19.0 Å². The average molecular weight is 248 g/mol. The van der Waals surface area contributed by atoms with Crippen LogP contribution in [0.2, 0.25) is 0 Å². The van der Waals surface area contributed by atoms with Gasteiger partial charge in [0.05, 0.1) is 12.4 Å². The van der Waals surface area contributed by atoms with Crippen molar-refractivity contribution in [1.29, 1.82) is 0 Å². The van der Waals surface area contributed by atoms with Crippen LogP contribution in [0.3, 0.4) is 0 Å². The quantitative estimate of drug-likeness (QED) is 0.686. The van der Waals surface area contributed by atoms with E-state index in [1.165, 1.54) is 0 Å². The minimum absolute atomic E-state index is 0.148. The minimum atomic E-state index is -4.47. The first-order valence-corrected chi connectivity index (χ1v) is 6.07. The van der Waals surface area contributed by atoms with Crippen LogP contribution in [0, 0.1) is 0 Å². The summed E-state index contributed by atoms with van der Waals surface area (Å²) in [4.78, 5) is 0. The van der Waals surface area contributed by atoms with E-state index in [0.29, 0.717) is 0 Å². The summed E-state index contributed by atoms with van der Waals surface area (Å²) in [5, 5.41) is 0.